The lowest BCUT2D eigenvalue weighted by Crippen LogP contribution is -2.04. The van der Waals surface area contributed by atoms with E-state index in [9.17, 15) is 21.6 Å². The molecule has 0 fully saturated rings. The maximum atomic E-state index is 13.5. The average molecular weight is 501 g/mol. The van der Waals surface area contributed by atoms with Crippen LogP contribution in [0.2, 0.25) is 0 Å². The van der Waals surface area contributed by atoms with Gasteiger partial charge in [-0.15, -0.1) is 11.3 Å². The lowest BCUT2D eigenvalue weighted by molar-refractivity contribution is -0.136. The average Bonchev–Trinajstić information content (AvgIpc) is 3.22. The van der Waals surface area contributed by atoms with Gasteiger partial charge in [-0.2, -0.15) is 13.2 Å². The highest BCUT2D eigenvalue weighted by Gasteiger charge is 2.33. The zero-order valence-corrected chi connectivity index (χ0v) is 19.1. The van der Waals surface area contributed by atoms with Crippen molar-refractivity contribution in [1.29, 1.82) is 0 Å². The highest BCUT2D eigenvalue weighted by Crippen LogP contribution is 2.41. The largest absolute Gasteiger partial charge is 0.417 e. The van der Waals surface area contributed by atoms with Gasteiger partial charge in [0.05, 0.1) is 33.4 Å². The maximum Gasteiger partial charge on any atom is 0.417 e. The van der Waals surface area contributed by atoms with Gasteiger partial charge >= 0.3 is 6.18 Å². The van der Waals surface area contributed by atoms with Gasteiger partial charge in [0, 0.05) is 51.6 Å². The zero-order chi connectivity index (χ0) is 24.1. The summed E-state index contributed by atoms with van der Waals surface area (Å²) in [5.74, 6) is 0. The van der Waals surface area contributed by atoms with E-state index in [1.807, 2.05) is 0 Å². The van der Waals surface area contributed by atoms with Crippen LogP contribution in [0.5, 0.6) is 0 Å². The van der Waals surface area contributed by atoms with Crippen LogP contribution in [0.15, 0.2) is 71.5 Å². The molecule has 0 aliphatic carbocycles. The van der Waals surface area contributed by atoms with E-state index < -0.39 is 21.6 Å². The van der Waals surface area contributed by atoms with Crippen LogP contribution in [-0.4, -0.2) is 29.6 Å². The molecule has 34 heavy (non-hydrogen) atoms. The molecular formula is C23H15F3N4O2S2. The first kappa shape index (κ1) is 22.2. The highest BCUT2D eigenvalue weighted by molar-refractivity contribution is 7.90. The number of pyridine rings is 1. The fourth-order valence-electron chi connectivity index (χ4n) is 3.74. The number of thiophene rings is 1. The van der Waals surface area contributed by atoms with Gasteiger partial charge in [0.15, 0.2) is 9.84 Å². The molecule has 0 aliphatic rings. The molecule has 172 valence electrons. The number of benzene rings is 2. The third-order valence-corrected chi connectivity index (χ3v) is 7.34. The Morgan fingerprint density at radius 3 is 2.56 bits per heavy atom. The first-order valence-electron chi connectivity index (χ1n) is 9.86. The quantitative estimate of drug-likeness (QED) is 0.322. The molecule has 11 heteroatoms. The molecule has 3 heterocycles. The Morgan fingerprint density at radius 2 is 1.79 bits per heavy atom. The van der Waals surface area contributed by atoms with Crippen LogP contribution >= 0.6 is 11.3 Å². The molecule has 0 radical (unpaired) electrons. The van der Waals surface area contributed by atoms with Crippen molar-refractivity contribution in [3.05, 3.63) is 72.1 Å². The van der Waals surface area contributed by atoms with Crippen LogP contribution in [-0.2, 0) is 16.0 Å². The summed E-state index contributed by atoms with van der Waals surface area (Å²) >= 11 is 1.03. The van der Waals surface area contributed by atoms with Gasteiger partial charge in [0.1, 0.15) is 0 Å². The fraction of sp³-hybridized carbons (Fsp3) is 0.0870. The SMILES string of the molecule is CS(=O)(=O)c1ccncc1Nc1cc(-c2ccc3scc(C(F)(F)F)c3c2)c2nccnc2c1. The monoisotopic (exact) mass is 500 g/mol. The third-order valence-electron chi connectivity index (χ3n) is 5.22. The number of aromatic nitrogens is 3. The van der Waals surface area contributed by atoms with Gasteiger partial charge in [-0.05, 0) is 35.9 Å². The van der Waals surface area contributed by atoms with Gasteiger partial charge in [-0.3, -0.25) is 15.0 Å². The first-order chi connectivity index (χ1) is 16.1. The number of rotatable bonds is 4. The molecule has 0 bridgehead atoms. The Bertz CT molecular complexity index is 1660. The number of fused-ring (bicyclic) bond motifs is 2. The number of hydrogen-bond donors (Lipinski definition) is 1. The van der Waals surface area contributed by atoms with Crippen LogP contribution in [0.25, 0.3) is 32.2 Å². The Labute approximate surface area is 196 Å². The van der Waals surface area contributed by atoms with E-state index >= 15 is 0 Å². The molecule has 5 aromatic rings. The van der Waals surface area contributed by atoms with Crippen molar-refractivity contribution < 1.29 is 21.6 Å². The molecule has 3 aromatic heterocycles. The van der Waals surface area contributed by atoms with E-state index in [0.29, 0.717) is 32.5 Å². The van der Waals surface area contributed by atoms with Crippen LogP contribution in [0.3, 0.4) is 0 Å². The van der Waals surface area contributed by atoms with Gasteiger partial charge in [-0.25, -0.2) is 8.42 Å². The van der Waals surface area contributed by atoms with Crippen molar-refractivity contribution in [2.75, 3.05) is 11.6 Å². The Kier molecular flexibility index (Phi) is 5.25. The van der Waals surface area contributed by atoms with E-state index in [2.05, 4.69) is 20.3 Å². The number of nitrogens with zero attached hydrogens (tertiary/aromatic N) is 3. The number of nitrogens with one attached hydrogen (secondary N) is 1. The molecular weight excluding hydrogens is 485 g/mol. The predicted octanol–water partition coefficient (Wildman–Crippen LogP) is 6.07. The van der Waals surface area contributed by atoms with Crippen molar-refractivity contribution in [2.24, 2.45) is 0 Å². The molecule has 5 rings (SSSR count). The van der Waals surface area contributed by atoms with E-state index in [1.54, 1.807) is 24.3 Å². The molecule has 0 spiro atoms. The third kappa shape index (κ3) is 4.08. The topological polar surface area (TPSA) is 84.8 Å². The van der Waals surface area contributed by atoms with Crippen molar-refractivity contribution >= 4 is 53.7 Å². The summed E-state index contributed by atoms with van der Waals surface area (Å²) in [5, 5.41) is 4.28. The second kappa shape index (κ2) is 8.03. The minimum atomic E-state index is -4.47. The summed E-state index contributed by atoms with van der Waals surface area (Å²) in [5.41, 5.74) is 2.15. The van der Waals surface area contributed by atoms with Crippen molar-refractivity contribution in [3.8, 4) is 11.1 Å². The van der Waals surface area contributed by atoms with Crippen LogP contribution in [0, 0.1) is 0 Å². The minimum absolute atomic E-state index is 0.0674. The molecule has 1 N–H and O–H groups in total. The molecule has 0 saturated carbocycles. The van der Waals surface area contributed by atoms with E-state index in [0.717, 1.165) is 23.0 Å². The van der Waals surface area contributed by atoms with E-state index in [1.165, 1.54) is 36.9 Å². The second-order valence-corrected chi connectivity index (χ2v) is 10.5. The van der Waals surface area contributed by atoms with E-state index in [-0.39, 0.29) is 16.0 Å². The molecule has 2 aromatic carbocycles. The zero-order valence-electron chi connectivity index (χ0n) is 17.5. The van der Waals surface area contributed by atoms with Gasteiger partial charge in [0.2, 0.25) is 0 Å². The predicted molar refractivity (Wildman–Crippen MR) is 126 cm³/mol. The fourth-order valence-corrected chi connectivity index (χ4v) is 5.50. The Morgan fingerprint density at radius 1 is 1.00 bits per heavy atom. The lowest BCUT2D eigenvalue weighted by atomic mass is 10.00. The number of sulfone groups is 1. The summed E-state index contributed by atoms with van der Waals surface area (Å²) in [6.07, 6.45) is 2.42. The van der Waals surface area contributed by atoms with Crippen molar-refractivity contribution in [3.63, 3.8) is 0 Å². The molecule has 0 aliphatic heterocycles. The smallest absolute Gasteiger partial charge is 0.353 e. The lowest BCUT2D eigenvalue weighted by Gasteiger charge is -2.14. The molecule has 0 atom stereocenters. The van der Waals surface area contributed by atoms with E-state index in [4.69, 9.17) is 0 Å². The van der Waals surface area contributed by atoms with Crippen LogP contribution < -0.4 is 5.32 Å². The molecule has 0 saturated heterocycles. The minimum Gasteiger partial charge on any atom is -0.353 e. The standard InChI is InChI=1S/C23H15F3N4O2S2/c1-34(31,32)21-4-5-27-11-19(21)30-14-9-15(22-18(10-14)28-6-7-29-22)13-2-3-20-16(8-13)17(12-33-20)23(24,25)26/h2-12,30H,1H3. The second-order valence-electron chi connectivity index (χ2n) is 7.57. The van der Waals surface area contributed by atoms with Gasteiger partial charge in [0.25, 0.3) is 0 Å². The number of alkyl halides is 3. The number of halogens is 3. The number of hydrogen-bond acceptors (Lipinski definition) is 7. The summed E-state index contributed by atoms with van der Waals surface area (Å²) in [6.45, 7) is 0. The van der Waals surface area contributed by atoms with Crippen LogP contribution in [0.1, 0.15) is 5.56 Å². The van der Waals surface area contributed by atoms with Crippen molar-refractivity contribution in [2.45, 2.75) is 11.1 Å². The first-order valence-corrected chi connectivity index (χ1v) is 12.6. The van der Waals surface area contributed by atoms with Gasteiger partial charge < -0.3 is 5.32 Å². The molecule has 6 nitrogen and oxygen atoms in total. The number of anilines is 2. The molecule has 0 amide bonds. The highest BCUT2D eigenvalue weighted by atomic mass is 32.2. The van der Waals surface area contributed by atoms with Gasteiger partial charge in [-0.1, -0.05) is 6.07 Å². The Hall–Kier alpha value is -3.57. The summed E-state index contributed by atoms with van der Waals surface area (Å²) in [7, 11) is -3.53. The Balaban J connectivity index is 1.69. The normalized spacial score (nSPS) is 12.4. The summed E-state index contributed by atoms with van der Waals surface area (Å²) in [6, 6.07) is 9.66. The summed E-state index contributed by atoms with van der Waals surface area (Å²) in [4.78, 5) is 12.8. The van der Waals surface area contributed by atoms with Crippen LogP contribution in [0.4, 0.5) is 24.5 Å². The molecule has 0 unspecified atom stereocenters. The summed E-state index contributed by atoms with van der Waals surface area (Å²) < 4.78 is 65.4. The van der Waals surface area contributed by atoms with Crippen molar-refractivity contribution in [1.82, 2.24) is 15.0 Å². The maximum absolute atomic E-state index is 13.5.